The highest BCUT2D eigenvalue weighted by atomic mass is 32.1. The topological polar surface area (TPSA) is 50.8 Å². The minimum atomic E-state index is -0.655. The number of thiocarbonyl (C=S) groups is 1. The first-order valence-corrected chi connectivity index (χ1v) is 9.85. The second-order valence-electron chi connectivity index (χ2n) is 8.01. The molecule has 0 saturated heterocycles. The molecule has 5 nitrogen and oxygen atoms in total. The second-order valence-corrected chi connectivity index (χ2v) is 8.45. The normalized spacial score (nSPS) is 15.8. The summed E-state index contributed by atoms with van der Waals surface area (Å²) in [4.78, 5) is 14.9. The quantitative estimate of drug-likeness (QED) is 0.687. The highest BCUT2D eigenvalue weighted by Gasteiger charge is 2.25. The van der Waals surface area contributed by atoms with E-state index in [0.717, 1.165) is 11.3 Å². The summed E-state index contributed by atoms with van der Waals surface area (Å²) in [7, 11) is 0. The zero-order valence-electron chi connectivity index (χ0n) is 17.0. The van der Waals surface area contributed by atoms with E-state index in [9.17, 15) is 9.18 Å². The Labute approximate surface area is 175 Å². The molecule has 0 aliphatic carbocycles. The van der Waals surface area contributed by atoms with Crippen LogP contribution in [-0.4, -0.2) is 27.7 Å². The molecular formula is C22H25FN2O3S. The van der Waals surface area contributed by atoms with Crippen molar-refractivity contribution in [1.82, 2.24) is 4.90 Å². The van der Waals surface area contributed by atoms with E-state index >= 15 is 0 Å². The molecular weight excluding hydrogens is 391 g/mol. The van der Waals surface area contributed by atoms with Crippen molar-refractivity contribution in [2.24, 2.45) is 0 Å². The summed E-state index contributed by atoms with van der Waals surface area (Å²) in [5.74, 6) is 0.341. The van der Waals surface area contributed by atoms with E-state index in [1.807, 2.05) is 25.1 Å². The Morgan fingerprint density at radius 3 is 2.66 bits per heavy atom. The number of hydrogen-bond acceptors (Lipinski definition) is 4. The van der Waals surface area contributed by atoms with Crippen molar-refractivity contribution in [2.75, 3.05) is 5.32 Å². The van der Waals surface area contributed by atoms with E-state index in [0.29, 0.717) is 16.3 Å². The fraction of sp³-hybridized carbons (Fsp3) is 0.364. The monoisotopic (exact) mass is 416 g/mol. The molecule has 1 unspecified atom stereocenters. The van der Waals surface area contributed by atoms with Crippen LogP contribution in [-0.2, 0) is 17.8 Å². The lowest BCUT2D eigenvalue weighted by Gasteiger charge is -2.29. The van der Waals surface area contributed by atoms with Gasteiger partial charge in [0.25, 0.3) is 0 Å². The summed E-state index contributed by atoms with van der Waals surface area (Å²) in [5, 5.41) is 3.16. The van der Waals surface area contributed by atoms with Crippen LogP contribution < -0.4 is 10.1 Å². The number of halogens is 1. The standard InChI is InChI=1S/C22H25FN2O3S/c1-14-20(29)24-18-11-15(9-10-19(18)27-14)12-25(21(26)28-22(2,3)4)13-16-7-5-6-8-17(16)23/h5-11,14H,12-13H2,1-4H3,(H,24,29). The van der Waals surface area contributed by atoms with E-state index in [1.54, 1.807) is 39.0 Å². The minimum Gasteiger partial charge on any atom is -0.481 e. The van der Waals surface area contributed by atoms with Gasteiger partial charge in [-0.15, -0.1) is 0 Å². The number of nitrogens with one attached hydrogen (secondary N) is 1. The number of benzene rings is 2. The molecule has 0 bridgehead atoms. The lowest BCUT2D eigenvalue weighted by molar-refractivity contribution is 0.0215. The molecule has 1 aliphatic rings. The zero-order valence-corrected chi connectivity index (χ0v) is 17.8. The highest BCUT2D eigenvalue weighted by Crippen LogP contribution is 2.31. The van der Waals surface area contributed by atoms with Gasteiger partial charge in [-0.25, -0.2) is 9.18 Å². The van der Waals surface area contributed by atoms with Gasteiger partial charge in [-0.2, -0.15) is 0 Å². The van der Waals surface area contributed by atoms with Crippen LogP contribution in [0.1, 0.15) is 38.8 Å². The summed E-state index contributed by atoms with van der Waals surface area (Å²) in [6, 6.07) is 12.0. The van der Waals surface area contributed by atoms with E-state index in [4.69, 9.17) is 21.7 Å². The zero-order chi connectivity index (χ0) is 21.2. The Kier molecular flexibility index (Phi) is 6.07. The van der Waals surface area contributed by atoms with E-state index < -0.39 is 11.7 Å². The van der Waals surface area contributed by atoms with E-state index in [-0.39, 0.29) is 25.0 Å². The molecule has 2 aromatic rings. The number of ether oxygens (including phenoxy) is 2. The second kappa shape index (κ2) is 8.37. The van der Waals surface area contributed by atoms with Crippen molar-refractivity contribution in [2.45, 2.75) is 52.5 Å². The number of hydrogen-bond donors (Lipinski definition) is 1. The third-order valence-electron chi connectivity index (χ3n) is 4.32. The molecule has 0 radical (unpaired) electrons. The Hall–Kier alpha value is -2.67. The van der Waals surface area contributed by atoms with Crippen molar-refractivity contribution >= 4 is 29.0 Å². The van der Waals surface area contributed by atoms with Crippen LogP contribution in [0.5, 0.6) is 5.75 Å². The number of fused-ring (bicyclic) bond motifs is 1. The minimum absolute atomic E-state index is 0.0953. The Bertz CT molecular complexity index is 927. The van der Waals surface area contributed by atoms with Crippen molar-refractivity contribution < 1.29 is 18.7 Å². The first-order chi connectivity index (χ1) is 13.6. The van der Waals surface area contributed by atoms with Gasteiger partial charge in [0.15, 0.2) is 0 Å². The van der Waals surface area contributed by atoms with Gasteiger partial charge < -0.3 is 14.8 Å². The summed E-state index contributed by atoms with van der Waals surface area (Å²) >= 11 is 5.28. The van der Waals surface area contributed by atoms with Crippen molar-refractivity contribution in [3.8, 4) is 5.75 Å². The molecule has 0 fully saturated rings. The van der Waals surface area contributed by atoms with Crippen molar-refractivity contribution in [3.05, 3.63) is 59.4 Å². The third-order valence-corrected chi connectivity index (χ3v) is 4.75. The number of nitrogens with zero attached hydrogens (tertiary/aromatic N) is 1. The molecule has 0 spiro atoms. The largest absolute Gasteiger partial charge is 0.481 e. The molecule has 154 valence electrons. The molecule has 29 heavy (non-hydrogen) atoms. The summed E-state index contributed by atoms with van der Waals surface area (Å²) in [6.45, 7) is 7.63. The molecule has 1 aliphatic heterocycles. The molecule has 7 heteroatoms. The van der Waals surface area contributed by atoms with Gasteiger partial charge in [-0.05, 0) is 51.5 Å². The number of carbonyl (C=O) groups excluding carboxylic acids is 1. The molecule has 2 aromatic carbocycles. The Balaban J connectivity index is 1.85. The first-order valence-electron chi connectivity index (χ1n) is 9.44. The molecule has 1 atom stereocenters. The average molecular weight is 417 g/mol. The average Bonchev–Trinajstić information content (AvgIpc) is 2.62. The Morgan fingerprint density at radius 2 is 1.97 bits per heavy atom. The maximum atomic E-state index is 14.2. The lowest BCUT2D eigenvalue weighted by Crippen LogP contribution is -2.36. The summed E-state index contributed by atoms with van der Waals surface area (Å²) in [6.07, 6.45) is -0.700. The predicted octanol–water partition coefficient (Wildman–Crippen LogP) is 5.28. The van der Waals surface area contributed by atoms with Crippen LogP contribution in [0.3, 0.4) is 0 Å². The van der Waals surface area contributed by atoms with Crippen LogP contribution in [0, 0.1) is 5.82 Å². The maximum absolute atomic E-state index is 14.2. The molecule has 1 amide bonds. The maximum Gasteiger partial charge on any atom is 0.410 e. The summed E-state index contributed by atoms with van der Waals surface area (Å²) < 4.78 is 25.5. The fourth-order valence-corrected chi connectivity index (χ4v) is 3.08. The van der Waals surface area contributed by atoms with E-state index in [2.05, 4.69) is 5.32 Å². The van der Waals surface area contributed by atoms with Crippen molar-refractivity contribution in [3.63, 3.8) is 0 Å². The van der Waals surface area contributed by atoms with Gasteiger partial charge in [-0.1, -0.05) is 36.5 Å². The lowest BCUT2D eigenvalue weighted by atomic mass is 10.1. The van der Waals surface area contributed by atoms with Crippen LogP contribution >= 0.6 is 12.2 Å². The number of amides is 1. The number of carbonyl (C=O) groups is 1. The highest BCUT2D eigenvalue weighted by molar-refractivity contribution is 7.80. The van der Waals surface area contributed by atoms with Crippen LogP contribution in [0.15, 0.2) is 42.5 Å². The first kappa shape index (κ1) is 21.0. The van der Waals surface area contributed by atoms with Crippen molar-refractivity contribution in [1.29, 1.82) is 0 Å². The smallest absolute Gasteiger partial charge is 0.410 e. The van der Waals surface area contributed by atoms with Crippen LogP contribution in [0.25, 0.3) is 0 Å². The summed E-state index contributed by atoms with van der Waals surface area (Å²) in [5.41, 5.74) is 1.37. The number of rotatable bonds is 4. The molecule has 0 saturated carbocycles. The van der Waals surface area contributed by atoms with Gasteiger partial charge in [0.1, 0.15) is 28.3 Å². The van der Waals surface area contributed by atoms with Gasteiger partial charge in [-0.3, -0.25) is 4.90 Å². The van der Waals surface area contributed by atoms with Gasteiger partial charge >= 0.3 is 6.09 Å². The predicted molar refractivity (Wildman–Crippen MR) is 115 cm³/mol. The third kappa shape index (κ3) is 5.44. The Morgan fingerprint density at radius 1 is 1.24 bits per heavy atom. The van der Waals surface area contributed by atoms with Gasteiger partial charge in [0.2, 0.25) is 0 Å². The van der Waals surface area contributed by atoms with E-state index in [1.165, 1.54) is 11.0 Å². The van der Waals surface area contributed by atoms with Gasteiger partial charge in [0, 0.05) is 12.1 Å². The molecule has 0 aromatic heterocycles. The van der Waals surface area contributed by atoms with Gasteiger partial charge in [0.05, 0.1) is 12.2 Å². The molecule has 1 heterocycles. The molecule has 1 N–H and O–H groups in total. The van der Waals surface area contributed by atoms with Crippen LogP contribution in [0.4, 0.5) is 14.9 Å². The molecule has 3 rings (SSSR count). The number of anilines is 1. The fourth-order valence-electron chi connectivity index (χ4n) is 2.92. The van der Waals surface area contributed by atoms with Crippen LogP contribution in [0.2, 0.25) is 0 Å². The SMILES string of the molecule is CC1Oc2ccc(CN(Cc3ccccc3F)C(=O)OC(C)(C)C)cc2NC1=S.